The zero-order valence-electron chi connectivity index (χ0n) is 90.0. The predicted octanol–water partition coefficient (Wildman–Crippen LogP) is 34.2. The molecule has 10 aromatic rings. The van der Waals surface area contributed by atoms with Crippen LogP contribution in [0.1, 0.15) is 204 Å². The van der Waals surface area contributed by atoms with E-state index in [-0.39, 0.29) is 0 Å². The first-order valence-corrected chi connectivity index (χ1v) is 90.6. The summed E-state index contributed by atoms with van der Waals surface area (Å²) >= 11 is -3.49. The van der Waals surface area contributed by atoms with Gasteiger partial charge in [-0.2, -0.15) is 0 Å². The van der Waals surface area contributed by atoms with Crippen molar-refractivity contribution in [1.82, 2.24) is 0 Å². The Labute approximate surface area is 824 Å². The first-order chi connectivity index (χ1) is 62.0. The van der Waals surface area contributed by atoms with E-state index in [0.29, 0.717) is 0 Å². The zero-order valence-corrected chi connectivity index (χ0v) is 102. The second-order valence-corrected chi connectivity index (χ2v) is 107. The number of hydrogen-bond acceptors (Lipinski definition) is 0. The van der Waals surface area contributed by atoms with Crippen molar-refractivity contribution >= 4 is 135 Å². The quantitative estimate of drug-likeness (QED) is 0.0374. The van der Waals surface area contributed by atoms with Crippen LogP contribution in [0.2, 0.25) is 183 Å². The Morgan fingerprint density at radius 2 is 0.496 bits per heavy atom. The van der Waals surface area contributed by atoms with Gasteiger partial charge in [-0.05, 0) is 38.2 Å². The van der Waals surface area contributed by atoms with Crippen LogP contribution in [-0.2, 0) is 6.04 Å². The molecule has 10 aromatic carbocycles. The zero-order chi connectivity index (χ0) is 97.3. The van der Waals surface area contributed by atoms with Crippen LogP contribution in [-0.4, -0.2) is 91.1 Å². The van der Waals surface area contributed by atoms with E-state index in [1.54, 1.807) is 108 Å². The summed E-state index contributed by atoms with van der Waals surface area (Å²) in [5.74, 6) is 12.1. The van der Waals surface area contributed by atoms with Crippen LogP contribution in [0.15, 0.2) is 303 Å². The molecule has 3 saturated carbocycles. The van der Waals surface area contributed by atoms with Crippen LogP contribution >= 0.6 is 0 Å². The molecule has 720 valence electrons. The van der Waals surface area contributed by atoms with E-state index in [0.717, 1.165) is 16.6 Å². The van der Waals surface area contributed by atoms with Crippen LogP contribution in [0.5, 0.6) is 0 Å². The Kier molecular flexibility index (Phi) is 54.8. The number of hydrogen-bond donors (Lipinski definition) is 0. The molecular weight excluding hydrogens is 1820 g/mol. The molecule has 3 fully saturated rings. The van der Waals surface area contributed by atoms with Crippen LogP contribution < -0.4 is 44.3 Å². The van der Waals surface area contributed by atoms with Crippen molar-refractivity contribution in [2.75, 3.05) is 0 Å². The Morgan fingerprint density at radius 3 is 0.687 bits per heavy atom. The first-order valence-electron chi connectivity index (χ1n) is 52.6. The summed E-state index contributed by atoms with van der Waals surface area (Å²) in [7, 11) is -8.71. The molecule has 0 saturated heterocycles. The van der Waals surface area contributed by atoms with Gasteiger partial charge in [0.05, 0.1) is 32.3 Å². The van der Waals surface area contributed by atoms with Gasteiger partial charge in [-0.3, -0.25) is 0 Å². The van der Waals surface area contributed by atoms with E-state index in [4.69, 9.17) is 0 Å². The number of rotatable bonds is 26. The van der Waals surface area contributed by atoms with Crippen molar-refractivity contribution in [1.29, 1.82) is 0 Å². The summed E-state index contributed by atoms with van der Waals surface area (Å²) in [5, 5.41) is 8.90. The van der Waals surface area contributed by atoms with Gasteiger partial charge in [0, 0.05) is 16.1 Å². The predicted molar refractivity (Wildman–Crippen MR) is 630 cm³/mol. The summed E-state index contributed by atoms with van der Waals surface area (Å²) in [5.41, 5.74) is 7.88. The van der Waals surface area contributed by atoms with Gasteiger partial charge in [0.25, 0.3) is 0 Å². The van der Waals surface area contributed by atoms with E-state index in [1.807, 2.05) is 0 Å². The molecule has 0 N–H and O–H groups in total. The average Bonchev–Trinajstić information content (AvgIpc) is 0.771. The first kappa shape index (κ1) is 118. The van der Waals surface area contributed by atoms with Crippen LogP contribution in [0.4, 0.5) is 0 Å². The van der Waals surface area contributed by atoms with Crippen molar-refractivity contribution < 1.29 is 0 Å². The molecule has 0 unspecified atom stereocenters. The molecule has 0 nitrogen and oxygen atoms in total. The van der Waals surface area contributed by atoms with Gasteiger partial charge < -0.3 is 0 Å². The fraction of sp³-hybridized carbons (Fsp3) is 0.504. The van der Waals surface area contributed by atoms with E-state index in [1.165, 1.54) is 116 Å². The van der Waals surface area contributed by atoms with Gasteiger partial charge in [0.2, 0.25) is 0 Å². The molecule has 0 atom stereocenters. The SMILES string of the molecule is CC(C)[Si](C)(C(C)C)C(C)C.CCC[Si](C)(CCC)CCC.CC[Si](C)(CC)CC.C[Si](C)(C)Cc1ccccc1.C[Si](C)(C)c1ccccc1.C[Si](C)(c1ccccc1)c1ccccc1.C[Si](C1CCCCC1)(C1CCCCC1)C1CCCCC1.C[Si](c1ccccc1)(c1ccccc1)c1ccccc1.[CH3][Ge]([CH3])([CH3])[c]1ccccc1.[CH3][Ge]([CH3])([c]1ccccc1)[c]1ccccc1. The van der Waals surface area contributed by atoms with E-state index >= 15 is 0 Å². The summed E-state index contributed by atoms with van der Waals surface area (Å²) in [6.07, 6.45) is 27.9. The maximum atomic E-state index is 2.90. The molecule has 0 radical (unpaired) electrons. The summed E-state index contributed by atoms with van der Waals surface area (Å²) in [6.45, 7) is 60.4. The topological polar surface area (TPSA) is 0 Å². The van der Waals surface area contributed by atoms with Crippen molar-refractivity contribution in [3.05, 3.63) is 309 Å². The standard InChI is InChI=1S/C19H36Si.C19H18Si.C14H16Ge.C14H16Si.C10H16Si.2C10H24Si.C9H14Ge.C9H14Si.C7H18Si/c2*1-20(17-11-5-2-6-12-17,18-13-7-3-8-14-18)19-15-9-4-10-16-19;2*1-15(2,13-9-5-3-6-10-13)14-11-7-4-8-12-14;1-11(2,3)9-10-7-5-4-6-8-10;1-8(2)11(7,9(3)4)10(5)6;1-5-8-11(4,9-6-2)10-7-3;2*1-10(2,3)9-7-5-4-6-8-9;1-5-8(4,6-2)7-3/h17-19H,2-16H2,1H3;2-16H,1H3;2*3-12H,1-2H3;4-8H,9H2,1-3H3;8-10H,1-7H3;5-10H2,1-4H3;2*4-8H,1-3H3;5-7H2,1-4H3. The molecule has 3 aliphatic rings. The average molecular weight is 2020 g/mol. The van der Waals surface area contributed by atoms with E-state index in [2.05, 4.69) is 500 Å². The molecule has 13 rings (SSSR count). The Morgan fingerprint density at radius 1 is 0.267 bits per heavy atom. The third-order valence-corrected chi connectivity index (χ3v) is 79.3. The third kappa shape index (κ3) is 40.9. The Hall–Kier alpha value is -4.98. The molecule has 0 amide bonds. The molecule has 0 heterocycles. The van der Waals surface area contributed by atoms with Gasteiger partial charge >= 0.3 is 159 Å². The van der Waals surface area contributed by atoms with Gasteiger partial charge in [-0.1, -0.05) is 570 Å². The van der Waals surface area contributed by atoms with Crippen molar-refractivity contribution in [2.24, 2.45) is 0 Å². The van der Waals surface area contributed by atoms with Gasteiger partial charge in [-0.25, -0.2) is 0 Å². The molecule has 3 aliphatic carbocycles. The molecular formula is C121H196Ge2Si8. The molecule has 0 aromatic heterocycles. The summed E-state index contributed by atoms with van der Waals surface area (Å²) in [4.78, 5) is 0. The maximum absolute atomic E-state index is 2.90. The second-order valence-electron chi connectivity index (χ2n) is 45.5. The molecule has 0 bridgehead atoms. The normalized spacial score (nSPS) is 14.3. The molecule has 131 heavy (non-hydrogen) atoms. The fourth-order valence-electron chi connectivity index (χ4n) is 20.8. The Bertz CT molecular complexity index is 4040. The van der Waals surface area contributed by atoms with Gasteiger partial charge in [-0.15, -0.1) is 0 Å². The van der Waals surface area contributed by atoms with Crippen LogP contribution in [0.25, 0.3) is 0 Å². The van der Waals surface area contributed by atoms with Crippen molar-refractivity contribution in [3.8, 4) is 0 Å². The van der Waals surface area contributed by atoms with Gasteiger partial charge in [0.1, 0.15) is 16.1 Å². The second kappa shape index (κ2) is 60.7. The third-order valence-electron chi connectivity index (χ3n) is 31.2. The minimum atomic E-state index is -2.00. The van der Waals surface area contributed by atoms with Crippen molar-refractivity contribution in [2.45, 2.75) is 388 Å². The van der Waals surface area contributed by atoms with Gasteiger partial charge in [0.15, 0.2) is 0 Å². The summed E-state index contributed by atoms with van der Waals surface area (Å²) < 4.78 is 4.68. The monoisotopic (exact) mass is 2020 g/mol. The van der Waals surface area contributed by atoms with E-state index in [9.17, 15) is 0 Å². The summed E-state index contributed by atoms with van der Waals surface area (Å²) in [6, 6.07) is 119. The van der Waals surface area contributed by atoms with Crippen LogP contribution in [0.3, 0.4) is 0 Å². The van der Waals surface area contributed by atoms with Crippen LogP contribution in [0, 0.1) is 0 Å². The molecule has 0 spiro atoms. The number of benzene rings is 10. The van der Waals surface area contributed by atoms with Crippen molar-refractivity contribution in [3.63, 3.8) is 0 Å². The Balaban J connectivity index is 0.000000309. The molecule has 10 heteroatoms. The fourth-order valence-corrected chi connectivity index (χ4v) is 53.7. The minimum absolute atomic E-state index is 0.671. The van der Waals surface area contributed by atoms with E-state index < -0.39 is 91.1 Å². The molecule has 0 aliphatic heterocycles.